The van der Waals surface area contributed by atoms with E-state index >= 15 is 0 Å². The van der Waals surface area contributed by atoms with Crippen molar-refractivity contribution in [2.45, 2.75) is 39.0 Å². The van der Waals surface area contributed by atoms with Crippen LogP contribution >= 0.6 is 0 Å². The first-order chi connectivity index (χ1) is 12.8. The maximum absolute atomic E-state index is 11.8. The normalized spacial score (nSPS) is 11.4. The summed E-state index contributed by atoms with van der Waals surface area (Å²) in [5, 5.41) is 6.65. The average molecular weight is 365 g/mol. The number of benzene rings is 2. The molecule has 0 aliphatic heterocycles. The van der Waals surface area contributed by atoms with Crippen LogP contribution in [0.5, 0.6) is 0 Å². The van der Waals surface area contributed by atoms with E-state index in [0.29, 0.717) is 6.54 Å². The largest absolute Gasteiger partial charge is 0.355 e. The first-order valence-corrected chi connectivity index (χ1v) is 9.07. The molecule has 0 fully saturated rings. The zero-order valence-corrected chi connectivity index (χ0v) is 16.2. The Hall–Kier alpha value is -2.95. The third-order valence-electron chi connectivity index (χ3n) is 4.08. The van der Waals surface area contributed by atoms with Crippen molar-refractivity contribution in [2.75, 3.05) is 6.54 Å². The van der Waals surface area contributed by atoms with E-state index in [0.717, 1.165) is 17.5 Å². The number of amides is 2. The molecule has 0 bridgehead atoms. The molecule has 0 aliphatic rings. The van der Waals surface area contributed by atoms with Crippen molar-refractivity contribution in [2.24, 2.45) is 5.10 Å². The van der Waals surface area contributed by atoms with Crippen LogP contribution in [-0.4, -0.2) is 24.6 Å². The van der Waals surface area contributed by atoms with Gasteiger partial charge in [0, 0.05) is 6.54 Å². The molecule has 0 atom stereocenters. The first kappa shape index (κ1) is 20.4. The van der Waals surface area contributed by atoms with Crippen molar-refractivity contribution in [3.8, 4) is 0 Å². The van der Waals surface area contributed by atoms with Gasteiger partial charge >= 0.3 is 0 Å². The maximum Gasteiger partial charge on any atom is 0.249 e. The second-order valence-electron chi connectivity index (χ2n) is 7.43. The van der Waals surface area contributed by atoms with Crippen LogP contribution in [0.25, 0.3) is 0 Å². The van der Waals surface area contributed by atoms with Crippen LogP contribution in [0.15, 0.2) is 59.7 Å². The molecule has 0 spiro atoms. The van der Waals surface area contributed by atoms with E-state index < -0.39 is 5.91 Å². The highest BCUT2D eigenvalue weighted by Crippen LogP contribution is 2.21. The van der Waals surface area contributed by atoms with E-state index in [1.54, 1.807) is 6.21 Å². The van der Waals surface area contributed by atoms with Crippen molar-refractivity contribution in [1.29, 1.82) is 0 Å². The summed E-state index contributed by atoms with van der Waals surface area (Å²) >= 11 is 0. The number of hydrogen-bond donors (Lipinski definition) is 2. The molecular formula is C22H27N3O2. The SMILES string of the molecule is CC(C)(C)c1ccc(/C=N/NC(=O)CC(=O)NCCc2ccccc2)cc1. The van der Waals surface area contributed by atoms with E-state index in [1.807, 2.05) is 54.6 Å². The van der Waals surface area contributed by atoms with Gasteiger partial charge < -0.3 is 5.32 Å². The summed E-state index contributed by atoms with van der Waals surface area (Å²) in [7, 11) is 0. The van der Waals surface area contributed by atoms with Gasteiger partial charge in [-0.05, 0) is 28.5 Å². The lowest BCUT2D eigenvalue weighted by Crippen LogP contribution is -2.31. The minimum atomic E-state index is -0.435. The Labute approximate surface area is 160 Å². The van der Waals surface area contributed by atoms with Crippen molar-refractivity contribution < 1.29 is 9.59 Å². The van der Waals surface area contributed by atoms with Crippen molar-refractivity contribution in [1.82, 2.24) is 10.7 Å². The molecule has 2 amide bonds. The molecule has 27 heavy (non-hydrogen) atoms. The summed E-state index contributed by atoms with van der Waals surface area (Å²) in [6.07, 6.45) is 2.06. The summed E-state index contributed by atoms with van der Waals surface area (Å²) in [6, 6.07) is 17.9. The Morgan fingerprint density at radius 1 is 0.963 bits per heavy atom. The summed E-state index contributed by atoms with van der Waals surface area (Å²) in [5.74, 6) is -0.747. The van der Waals surface area contributed by atoms with Crippen molar-refractivity contribution in [3.63, 3.8) is 0 Å². The van der Waals surface area contributed by atoms with Crippen LogP contribution in [0.1, 0.15) is 43.9 Å². The molecule has 2 rings (SSSR count). The molecule has 2 N–H and O–H groups in total. The molecule has 142 valence electrons. The summed E-state index contributed by atoms with van der Waals surface area (Å²) < 4.78 is 0. The van der Waals surface area contributed by atoms with Gasteiger partial charge in [-0.3, -0.25) is 9.59 Å². The van der Waals surface area contributed by atoms with Gasteiger partial charge in [0.1, 0.15) is 6.42 Å². The number of carbonyl (C=O) groups is 2. The Morgan fingerprint density at radius 2 is 1.63 bits per heavy atom. The Morgan fingerprint density at radius 3 is 2.26 bits per heavy atom. The molecule has 0 unspecified atom stereocenters. The van der Waals surface area contributed by atoms with Crippen LogP contribution in [0.3, 0.4) is 0 Å². The predicted molar refractivity (Wildman–Crippen MR) is 109 cm³/mol. The molecule has 2 aromatic carbocycles. The Bertz CT molecular complexity index is 775. The zero-order chi connectivity index (χ0) is 19.7. The van der Waals surface area contributed by atoms with Crippen LogP contribution in [0.2, 0.25) is 0 Å². The lowest BCUT2D eigenvalue weighted by atomic mass is 9.87. The van der Waals surface area contributed by atoms with Crippen LogP contribution in [0, 0.1) is 0 Å². The lowest BCUT2D eigenvalue weighted by molar-refractivity contribution is -0.129. The quantitative estimate of drug-likeness (QED) is 0.449. The van der Waals surface area contributed by atoms with Crippen molar-refractivity contribution >= 4 is 18.0 Å². The third-order valence-corrected chi connectivity index (χ3v) is 4.08. The number of hydrazone groups is 1. The monoisotopic (exact) mass is 365 g/mol. The topological polar surface area (TPSA) is 70.6 Å². The molecule has 0 heterocycles. The number of hydrogen-bond acceptors (Lipinski definition) is 3. The average Bonchev–Trinajstić information content (AvgIpc) is 2.62. The van der Waals surface area contributed by atoms with Crippen LogP contribution in [-0.2, 0) is 21.4 Å². The predicted octanol–water partition coefficient (Wildman–Crippen LogP) is 3.18. The Kier molecular flexibility index (Phi) is 7.29. The molecular weight excluding hydrogens is 338 g/mol. The fourth-order valence-corrected chi connectivity index (χ4v) is 2.49. The third kappa shape index (κ3) is 7.44. The van der Waals surface area contributed by atoms with Gasteiger partial charge in [-0.15, -0.1) is 0 Å². The molecule has 5 heteroatoms. The summed E-state index contributed by atoms with van der Waals surface area (Å²) in [5.41, 5.74) is 5.74. The minimum Gasteiger partial charge on any atom is -0.355 e. The highest BCUT2D eigenvalue weighted by Gasteiger charge is 2.12. The summed E-state index contributed by atoms with van der Waals surface area (Å²) in [4.78, 5) is 23.6. The van der Waals surface area contributed by atoms with E-state index in [2.05, 4.69) is 36.6 Å². The second-order valence-corrected chi connectivity index (χ2v) is 7.43. The zero-order valence-electron chi connectivity index (χ0n) is 16.2. The van der Waals surface area contributed by atoms with Crippen LogP contribution in [0.4, 0.5) is 0 Å². The minimum absolute atomic E-state index is 0.0950. The Balaban J connectivity index is 1.70. The highest BCUT2D eigenvalue weighted by atomic mass is 16.2. The van der Waals surface area contributed by atoms with Gasteiger partial charge in [0.05, 0.1) is 6.21 Å². The molecule has 0 saturated carbocycles. The first-order valence-electron chi connectivity index (χ1n) is 9.07. The van der Waals surface area contributed by atoms with E-state index in [4.69, 9.17) is 0 Å². The fourth-order valence-electron chi connectivity index (χ4n) is 2.49. The van der Waals surface area contributed by atoms with Gasteiger partial charge in [0.25, 0.3) is 0 Å². The number of nitrogens with one attached hydrogen (secondary N) is 2. The second kappa shape index (κ2) is 9.67. The molecule has 0 aliphatic carbocycles. The number of nitrogens with zero attached hydrogens (tertiary/aromatic N) is 1. The fraction of sp³-hybridized carbons (Fsp3) is 0.318. The molecule has 0 radical (unpaired) electrons. The number of carbonyl (C=O) groups excluding carboxylic acids is 2. The van der Waals surface area contributed by atoms with Gasteiger partial charge in [-0.25, -0.2) is 5.43 Å². The number of rotatable bonds is 7. The smallest absolute Gasteiger partial charge is 0.249 e. The highest BCUT2D eigenvalue weighted by molar-refractivity contribution is 5.97. The molecule has 5 nitrogen and oxygen atoms in total. The molecule has 0 aromatic heterocycles. The van der Waals surface area contributed by atoms with Gasteiger partial charge in [-0.2, -0.15) is 5.10 Å². The van der Waals surface area contributed by atoms with Gasteiger partial charge in [-0.1, -0.05) is 75.4 Å². The molecule has 2 aromatic rings. The van der Waals surface area contributed by atoms with Crippen LogP contribution < -0.4 is 10.7 Å². The van der Waals surface area contributed by atoms with Gasteiger partial charge in [0.2, 0.25) is 11.8 Å². The van der Waals surface area contributed by atoms with E-state index in [-0.39, 0.29) is 17.7 Å². The van der Waals surface area contributed by atoms with E-state index in [1.165, 1.54) is 5.56 Å². The standard InChI is InChI=1S/C22H27N3O2/c1-22(2,3)19-11-9-18(10-12-19)16-24-25-21(27)15-20(26)23-14-13-17-7-5-4-6-8-17/h4-12,16H,13-15H2,1-3H3,(H,23,26)(H,25,27)/b24-16+. The molecule has 0 saturated heterocycles. The van der Waals surface area contributed by atoms with E-state index in [9.17, 15) is 9.59 Å². The van der Waals surface area contributed by atoms with Crippen molar-refractivity contribution in [3.05, 3.63) is 71.3 Å². The van der Waals surface area contributed by atoms with Gasteiger partial charge in [0.15, 0.2) is 0 Å². The lowest BCUT2D eigenvalue weighted by Gasteiger charge is -2.18. The maximum atomic E-state index is 11.8. The summed E-state index contributed by atoms with van der Waals surface area (Å²) in [6.45, 7) is 6.96.